The molecule has 2 aliphatic heterocycles. The molecule has 0 atom stereocenters. The molecule has 1 aromatic heterocycles. The van der Waals surface area contributed by atoms with E-state index in [0.717, 1.165) is 95.4 Å². The summed E-state index contributed by atoms with van der Waals surface area (Å²) in [5.41, 5.74) is 27.0. The predicted molar refractivity (Wildman–Crippen MR) is 405 cm³/mol. The van der Waals surface area contributed by atoms with E-state index in [9.17, 15) is 0 Å². The fourth-order valence-electron chi connectivity index (χ4n) is 15.6. The first-order valence-electron chi connectivity index (χ1n) is 33.3. The molecule has 2 aliphatic rings. The lowest BCUT2D eigenvalue weighted by molar-refractivity contribution is 0.590. The van der Waals surface area contributed by atoms with Gasteiger partial charge in [-0.25, -0.2) is 0 Å². The molecule has 18 rings (SSSR count). The lowest BCUT2D eigenvalue weighted by Crippen LogP contribution is -2.61. The molecule has 0 fully saturated rings. The predicted octanol–water partition coefficient (Wildman–Crippen LogP) is 23.3. The first-order valence-corrected chi connectivity index (χ1v) is 33.3. The van der Waals surface area contributed by atoms with Crippen LogP contribution in [0, 0.1) is 0 Å². The summed E-state index contributed by atoms with van der Waals surface area (Å²) in [7, 11) is 0. The standard InChI is InChI=1S/C90H68BN3O/c1-89(2,3)65-41-46-79(74(53-65)63-49-61-39-37-59-27-22-28-60-38-40-62(50-63)87(61)86(59)60)93-80-47-42-66(90(4,5)6)54-77(80)91-76-45-43-69(92(67-29-14-9-15-30-67)68-44-48-85-75(55-68)73-34-19-21-36-84(73)95-85)56-81(76)94(78-35-20-18-33-72(78)58-25-12-8-13-26-58)83-52-64(51-82(93)88(83)91)71-32-17-16-31-70(71)57-23-10-7-11-24-57/h7-56H,1-6H3. The van der Waals surface area contributed by atoms with Gasteiger partial charge < -0.3 is 19.1 Å². The zero-order valence-electron chi connectivity index (χ0n) is 54.2. The lowest BCUT2D eigenvalue weighted by Gasteiger charge is -2.46. The van der Waals surface area contributed by atoms with Gasteiger partial charge in [-0.3, -0.25) is 0 Å². The molecule has 0 amide bonds. The van der Waals surface area contributed by atoms with Crippen LogP contribution in [0.4, 0.5) is 51.2 Å². The van der Waals surface area contributed by atoms with E-state index < -0.39 is 0 Å². The van der Waals surface area contributed by atoms with Gasteiger partial charge in [-0.15, -0.1) is 0 Å². The average Bonchev–Trinajstić information content (AvgIpc) is 1.66. The molecular formula is C90H68BN3O. The molecule has 5 heteroatoms. The summed E-state index contributed by atoms with van der Waals surface area (Å²) >= 11 is 0. The van der Waals surface area contributed by atoms with Crippen molar-refractivity contribution < 1.29 is 4.42 Å². The van der Waals surface area contributed by atoms with Crippen LogP contribution in [0.25, 0.3) is 98.8 Å². The van der Waals surface area contributed by atoms with Gasteiger partial charge in [0.15, 0.2) is 0 Å². The van der Waals surface area contributed by atoms with Crippen LogP contribution in [-0.4, -0.2) is 6.71 Å². The van der Waals surface area contributed by atoms with Gasteiger partial charge in [0.1, 0.15) is 11.2 Å². The number of rotatable bonds is 9. The number of anilines is 9. The zero-order valence-corrected chi connectivity index (χ0v) is 54.2. The van der Waals surface area contributed by atoms with Crippen LogP contribution in [0.5, 0.6) is 0 Å². The van der Waals surface area contributed by atoms with E-state index in [-0.39, 0.29) is 17.5 Å². The number of furan rings is 1. The number of hydrogen-bond acceptors (Lipinski definition) is 4. The quantitative estimate of drug-likeness (QED) is 0.106. The molecule has 452 valence electrons. The Balaban J connectivity index is 0.961. The van der Waals surface area contributed by atoms with Crippen molar-refractivity contribution in [2.75, 3.05) is 14.7 Å². The van der Waals surface area contributed by atoms with Gasteiger partial charge in [0, 0.05) is 61.7 Å². The highest BCUT2D eigenvalue weighted by atomic mass is 16.3. The van der Waals surface area contributed by atoms with Gasteiger partial charge >= 0.3 is 0 Å². The normalized spacial score (nSPS) is 12.9. The van der Waals surface area contributed by atoms with E-state index >= 15 is 0 Å². The molecule has 0 radical (unpaired) electrons. The van der Waals surface area contributed by atoms with Crippen molar-refractivity contribution >= 4 is 129 Å². The number of benzene rings is 15. The third kappa shape index (κ3) is 9.19. The molecule has 0 N–H and O–H groups in total. The second kappa shape index (κ2) is 21.6. The number of para-hydroxylation sites is 3. The Morgan fingerprint density at radius 1 is 0.295 bits per heavy atom. The molecule has 0 spiro atoms. The van der Waals surface area contributed by atoms with Crippen molar-refractivity contribution in [1.29, 1.82) is 0 Å². The fourth-order valence-corrected chi connectivity index (χ4v) is 15.6. The Hall–Kier alpha value is -11.4. The minimum atomic E-state index is -0.190. The lowest BCUT2D eigenvalue weighted by atomic mass is 9.33. The Morgan fingerprint density at radius 2 is 0.800 bits per heavy atom. The number of fused-ring (bicyclic) bond motifs is 7. The second-order valence-corrected chi connectivity index (χ2v) is 28.0. The Labute approximate surface area is 555 Å². The van der Waals surface area contributed by atoms with Gasteiger partial charge in [0.25, 0.3) is 6.71 Å². The average molecular weight is 1220 g/mol. The van der Waals surface area contributed by atoms with Crippen LogP contribution >= 0.6 is 0 Å². The molecule has 0 bridgehead atoms. The summed E-state index contributed by atoms with van der Waals surface area (Å²) in [5.74, 6) is 0. The molecule has 0 saturated heterocycles. The maximum Gasteiger partial charge on any atom is 0.252 e. The molecule has 3 heterocycles. The molecule has 95 heavy (non-hydrogen) atoms. The van der Waals surface area contributed by atoms with Gasteiger partial charge in [-0.05, 0) is 201 Å². The fraction of sp³-hybridized carbons (Fsp3) is 0.0889. The van der Waals surface area contributed by atoms with Crippen LogP contribution < -0.4 is 31.1 Å². The van der Waals surface area contributed by atoms with E-state index in [1.54, 1.807) is 0 Å². The summed E-state index contributed by atoms with van der Waals surface area (Å²) in [5, 5.41) is 9.83. The minimum absolute atomic E-state index is 0.137. The largest absolute Gasteiger partial charge is 0.456 e. The van der Waals surface area contributed by atoms with E-state index in [1.807, 2.05) is 6.07 Å². The van der Waals surface area contributed by atoms with Gasteiger partial charge in [-0.1, -0.05) is 248 Å². The first kappa shape index (κ1) is 56.4. The van der Waals surface area contributed by atoms with Crippen molar-refractivity contribution in [2.45, 2.75) is 52.4 Å². The highest BCUT2D eigenvalue weighted by molar-refractivity contribution is 7.00. The monoisotopic (exact) mass is 1220 g/mol. The maximum absolute atomic E-state index is 6.48. The summed E-state index contributed by atoms with van der Waals surface area (Å²) in [6, 6.07) is 114. The molecule has 0 unspecified atom stereocenters. The van der Waals surface area contributed by atoms with E-state index in [4.69, 9.17) is 4.42 Å². The third-order valence-corrected chi connectivity index (χ3v) is 20.2. The van der Waals surface area contributed by atoms with Crippen molar-refractivity contribution in [3.8, 4) is 44.5 Å². The number of nitrogens with zero attached hydrogens (tertiary/aromatic N) is 3. The molecule has 0 saturated carbocycles. The van der Waals surface area contributed by atoms with Crippen molar-refractivity contribution in [3.63, 3.8) is 0 Å². The topological polar surface area (TPSA) is 22.9 Å². The maximum atomic E-state index is 6.48. The summed E-state index contributed by atoms with van der Waals surface area (Å²) < 4.78 is 6.48. The summed E-state index contributed by atoms with van der Waals surface area (Å²) in [6.45, 7) is 13.9. The van der Waals surface area contributed by atoms with E-state index in [1.165, 1.54) is 82.1 Å². The Morgan fingerprint density at radius 3 is 1.48 bits per heavy atom. The van der Waals surface area contributed by atoms with Crippen LogP contribution in [0.15, 0.2) is 308 Å². The molecule has 16 aromatic rings. The van der Waals surface area contributed by atoms with Crippen molar-refractivity contribution in [3.05, 3.63) is 314 Å². The van der Waals surface area contributed by atoms with E-state index in [0.29, 0.717) is 0 Å². The molecule has 4 nitrogen and oxygen atoms in total. The Bertz CT molecular complexity index is 5660. The number of hydrogen-bond donors (Lipinski definition) is 0. The summed E-state index contributed by atoms with van der Waals surface area (Å²) in [4.78, 5) is 7.71. The Kier molecular flexibility index (Phi) is 12.8. The van der Waals surface area contributed by atoms with Crippen LogP contribution in [0.3, 0.4) is 0 Å². The van der Waals surface area contributed by atoms with Crippen LogP contribution in [0.2, 0.25) is 0 Å². The zero-order chi connectivity index (χ0) is 63.8. The van der Waals surface area contributed by atoms with Gasteiger partial charge in [-0.2, -0.15) is 0 Å². The highest BCUT2D eigenvalue weighted by Gasteiger charge is 2.45. The van der Waals surface area contributed by atoms with E-state index in [2.05, 4.69) is 353 Å². The first-order chi connectivity index (χ1) is 46.4. The minimum Gasteiger partial charge on any atom is -0.456 e. The highest BCUT2D eigenvalue weighted by Crippen LogP contribution is 2.53. The third-order valence-electron chi connectivity index (χ3n) is 20.2. The van der Waals surface area contributed by atoms with Crippen molar-refractivity contribution in [2.24, 2.45) is 0 Å². The van der Waals surface area contributed by atoms with Gasteiger partial charge in [0.2, 0.25) is 0 Å². The molecule has 15 aromatic carbocycles. The SMILES string of the molecule is CC(C)(C)c1ccc2c(c1)B1c3ccc(N(c4ccccc4)c4ccc5oc6ccccc6c5c4)cc3N(c3ccccc3-c3ccccc3)c3cc(-c4ccccc4-c4ccccc4)cc(c31)N2c1ccc(C(C)(C)C)cc1-c1cc2ccc3cccc4ccc(c1)c2c34. The molecular weight excluding hydrogens is 1150 g/mol. The van der Waals surface area contributed by atoms with Crippen LogP contribution in [0.1, 0.15) is 52.7 Å². The summed E-state index contributed by atoms with van der Waals surface area (Å²) in [6.07, 6.45) is 0. The van der Waals surface area contributed by atoms with Gasteiger partial charge in [0.05, 0.1) is 11.4 Å². The van der Waals surface area contributed by atoms with Crippen molar-refractivity contribution in [1.82, 2.24) is 0 Å². The second-order valence-electron chi connectivity index (χ2n) is 28.0. The molecule has 0 aliphatic carbocycles. The van der Waals surface area contributed by atoms with Crippen LogP contribution in [-0.2, 0) is 10.8 Å². The smallest absolute Gasteiger partial charge is 0.252 e.